The van der Waals surface area contributed by atoms with Crippen molar-refractivity contribution in [2.45, 2.75) is 19.8 Å². The summed E-state index contributed by atoms with van der Waals surface area (Å²) in [5, 5.41) is 9.04. The predicted octanol–water partition coefficient (Wildman–Crippen LogP) is 2.83. The summed E-state index contributed by atoms with van der Waals surface area (Å²) in [6, 6.07) is 2.85. The Morgan fingerprint density at radius 2 is 2.15 bits per heavy atom. The zero-order valence-electron chi connectivity index (χ0n) is 11.0. The van der Waals surface area contributed by atoms with Gasteiger partial charge in [0.1, 0.15) is 5.82 Å². The number of carboxylic acids is 1. The lowest BCUT2D eigenvalue weighted by atomic mass is 9.97. The van der Waals surface area contributed by atoms with Gasteiger partial charge in [-0.2, -0.15) is 0 Å². The zero-order chi connectivity index (χ0) is 14.9. The Morgan fingerprint density at radius 1 is 1.45 bits per heavy atom. The number of aryl methyl sites for hydroxylation is 1. The summed E-state index contributed by atoms with van der Waals surface area (Å²) in [4.78, 5) is 24.9. The number of carbonyl (C=O) groups is 2. The monoisotopic (exact) mass is 343 g/mol. The lowest BCUT2D eigenvalue weighted by Crippen LogP contribution is -2.42. The lowest BCUT2D eigenvalue weighted by Gasteiger charge is -2.31. The van der Waals surface area contributed by atoms with Gasteiger partial charge in [-0.15, -0.1) is 0 Å². The van der Waals surface area contributed by atoms with Crippen molar-refractivity contribution in [2.75, 3.05) is 13.1 Å². The standard InChI is InChI=1S/C14H15BrFNO3/c1-8-4-5-10(16)11(12(8)15)13(18)17-6-2-3-9(7-17)14(19)20/h4-5,9H,2-3,6-7H2,1H3,(H,19,20). The van der Waals surface area contributed by atoms with Gasteiger partial charge >= 0.3 is 5.97 Å². The van der Waals surface area contributed by atoms with E-state index in [1.807, 2.05) is 0 Å². The molecule has 1 saturated heterocycles. The third-order valence-electron chi connectivity index (χ3n) is 3.56. The van der Waals surface area contributed by atoms with E-state index in [-0.39, 0.29) is 12.1 Å². The van der Waals surface area contributed by atoms with Crippen LogP contribution in [0.1, 0.15) is 28.8 Å². The van der Waals surface area contributed by atoms with Gasteiger partial charge in [-0.3, -0.25) is 9.59 Å². The van der Waals surface area contributed by atoms with Crippen LogP contribution in [0.3, 0.4) is 0 Å². The number of amides is 1. The van der Waals surface area contributed by atoms with Crippen LogP contribution < -0.4 is 0 Å². The molecule has 1 heterocycles. The number of halogens is 2. The molecule has 1 atom stereocenters. The molecule has 1 aliphatic heterocycles. The molecule has 1 unspecified atom stereocenters. The van der Waals surface area contributed by atoms with Crippen molar-refractivity contribution in [2.24, 2.45) is 5.92 Å². The van der Waals surface area contributed by atoms with E-state index in [2.05, 4.69) is 15.9 Å². The van der Waals surface area contributed by atoms with Gasteiger partial charge in [0.25, 0.3) is 5.91 Å². The van der Waals surface area contributed by atoms with E-state index in [1.54, 1.807) is 13.0 Å². The SMILES string of the molecule is Cc1ccc(F)c(C(=O)N2CCCC(C(=O)O)C2)c1Br. The fourth-order valence-corrected chi connectivity index (χ4v) is 2.87. The molecule has 6 heteroatoms. The van der Waals surface area contributed by atoms with Crippen LogP contribution >= 0.6 is 15.9 Å². The third-order valence-corrected chi connectivity index (χ3v) is 4.58. The van der Waals surface area contributed by atoms with Crippen LogP contribution in [0.25, 0.3) is 0 Å². The Kier molecular flexibility index (Phi) is 4.42. The molecule has 1 amide bonds. The maximum atomic E-state index is 13.9. The Bertz CT molecular complexity index is 562. The molecule has 0 radical (unpaired) electrons. The Hall–Kier alpha value is -1.43. The number of hydrogen-bond donors (Lipinski definition) is 1. The van der Waals surface area contributed by atoms with Crippen molar-refractivity contribution >= 4 is 27.8 Å². The molecule has 2 rings (SSSR count). The second-order valence-electron chi connectivity index (χ2n) is 4.98. The fraction of sp³-hybridized carbons (Fsp3) is 0.429. The number of carbonyl (C=O) groups excluding carboxylic acids is 1. The molecule has 1 aliphatic rings. The molecule has 0 bridgehead atoms. The number of likely N-dealkylation sites (tertiary alicyclic amines) is 1. The highest BCUT2D eigenvalue weighted by atomic mass is 79.9. The summed E-state index contributed by atoms with van der Waals surface area (Å²) in [5.41, 5.74) is 0.748. The highest BCUT2D eigenvalue weighted by Crippen LogP contribution is 2.27. The van der Waals surface area contributed by atoms with Crippen molar-refractivity contribution in [1.29, 1.82) is 0 Å². The second kappa shape index (κ2) is 5.91. The number of aliphatic carboxylic acids is 1. The van der Waals surface area contributed by atoms with E-state index >= 15 is 0 Å². The minimum atomic E-state index is -0.911. The van der Waals surface area contributed by atoms with E-state index in [9.17, 15) is 14.0 Å². The van der Waals surface area contributed by atoms with Gasteiger partial charge in [0.15, 0.2) is 0 Å². The maximum absolute atomic E-state index is 13.9. The number of piperidine rings is 1. The van der Waals surface area contributed by atoms with Crippen LogP contribution in [0.15, 0.2) is 16.6 Å². The number of rotatable bonds is 2. The summed E-state index contributed by atoms with van der Waals surface area (Å²) < 4.78 is 14.3. The third kappa shape index (κ3) is 2.85. The van der Waals surface area contributed by atoms with Crippen LogP contribution in [0.2, 0.25) is 0 Å². The number of carboxylic acid groups (broad SMARTS) is 1. The summed E-state index contributed by atoms with van der Waals surface area (Å²) in [7, 11) is 0. The van der Waals surface area contributed by atoms with E-state index in [0.717, 1.165) is 5.56 Å². The molecule has 0 aliphatic carbocycles. The van der Waals surface area contributed by atoms with E-state index in [0.29, 0.717) is 23.9 Å². The molecule has 1 aromatic rings. The first kappa shape index (κ1) is 15.0. The first-order valence-corrected chi connectivity index (χ1v) is 7.17. The molecule has 1 N–H and O–H groups in total. The Labute approximate surface area is 124 Å². The molecule has 20 heavy (non-hydrogen) atoms. The van der Waals surface area contributed by atoms with Gasteiger partial charge in [-0.25, -0.2) is 4.39 Å². The smallest absolute Gasteiger partial charge is 0.308 e. The average molecular weight is 344 g/mol. The zero-order valence-corrected chi connectivity index (χ0v) is 12.6. The summed E-state index contributed by atoms with van der Waals surface area (Å²) in [5.74, 6) is -2.53. The Balaban J connectivity index is 2.28. The first-order chi connectivity index (χ1) is 9.41. The van der Waals surface area contributed by atoms with Crippen molar-refractivity contribution < 1.29 is 19.1 Å². The largest absolute Gasteiger partial charge is 0.481 e. The quantitative estimate of drug-likeness (QED) is 0.898. The lowest BCUT2D eigenvalue weighted by molar-refractivity contribution is -0.143. The van der Waals surface area contributed by atoms with Gasteiger partial charge in [0.2, 0.25) is 0 Å². The van der Waals surface area contributed by atoms with Gasteiger partial charge in [-0.05, 0) is 47.3 Å². The molecule has 1 aromatic carbocycles. The van der Waals surface area contributed by atoms with Crippen LogP contribution in [-0.4, -0.2) is 35.0 Å². The topological polar surface area (TPSA) is 57.6 Å². The van der Waals surface area contributed by atoms with Crippen molar-refractivity contribution in [1.82, 2.24) is 4.90 Å². The van der Waals surface area contributed by atoms with Crippen molar-refractivity contribution in [3.8, 4) is 0 Å². The second-order valence-corrected chi connectivity index (χ2v) is 5.77. The van der Waals surface area contributed by atoms with Gasteiger partial charge in [0, 0.05) is 17.6 Å². The first-order valence-electron chi connectivity index (χ1n) is 6.38. The molecule has 1 fully saturated rings. The van der Waals surface area contributed by atoms with Gasteiger partial charge in [-0.1, -0.05) is 6.07 Å². The average Bonchev–Trinajstić information content (AvgIpc) is 2.43. The molecule has 4 nitrogen and oxygen atoms in total. The molecular weight excluding hydrogens is 329 g/mol. The normalized spacial score (nSPS) is 18.9. The minimum absolute atomic E-state index is 0.0176. The summed E-state index contributed by atoms with van der Waals surface area (Å²) in [6.45, 7) is 2.37. The van der Waals surface area contributed by atoms with Crippen LogP contribution in [0.5, 0.6) is 0 Å². The van der Waals surface area contributed by atoms with E-state index in [4.69, 9.17) is 5.11 Å². The number of benzene rings is 1. The highest BCUT2D eigenvalue weighted by molar-refractivity contribution is 9.10. The van der Waals surface area contributed by atoms with E-state index < -0.39 is 23.6 Å². The highest BCUT2D eigenvalue weighted by Gasteiger charge is 2.30. The van der Waals surface area contributed by atoms with Crippen LogP contribution in [-0.2, 0) is 4.79 Å². The molecule has 0 saturated carbocycles. The maximum Gasteiger partial charge on any atom is 0.308 e. The predicted molar refractivity (Wildman–Crippen MR) is 75.1 cm³/mol. The van der Waals surface area contributed by atoms with Crippen molar-refractivity contribution in [3.05, 3.63) is 33.5 Å². The minimum Gasteiger partial charge on any atom is -0.481 e. The number of nitrogens with zero attached hydrogens (tertiary/aromatic N) is 1. The van der Waals surface area contributed by atoms with Gasteiger partial charge in [0.05, 0.1) is 11.5 Å². The molecule has 0 spiro atoms. The van der Waals surface area contributed by atoms with Gasteiger partial charge < -0.3 is 10.0 Å². The Morgan fingerprint density at radius 3 is 2.80 bits per heavy atom. The molecular formula is C14H15BrFNO3. The fourth-order valence-electron chi connectivity index (χ4n) is 2.37. The number of hydrogen-bond acceptors (Lipinski definition) is 2. The molecule has 108 valence electrons. The summed E-state index contributed by atoms with van der Waals surface area (Å²) in [6.07, 6.45) is 1.17. The summed E-state index contributed by atoms with van der Waals surface area (Å²) >= 11 is 3.24. The van der Waals surface area contributed by atoms with Crippen LogP contribution in [0, 0.1) is 18.7 Å². The molecule has 0 aromatic heterocycles. The van der Waals surface area contributed by atoms with Crippen LogP contribution in [0.4, 0.5) is 4.39 Å². The van der Waals surface area contributed by atoms with E-state index in [1.165, 1.54) is 11.0 Å². The van der Waals surface area contributed by atoms with Crippen molar-refractivity contribution in [3.63, 3.8) is 0 Å².